The van der Waals surface area contributed by atoms with Gasteiger partial charge in [-0.2, -0.15) is 0 Å². The normalized spacial score (nSPS) is 22.1. The predicted molar refractivity (Wildman–Crippen MR) is 75.2 cm³/mol. The van der Waals surface area contributed by atoms with Crippen LogP contribution in [0.5, 0.6) is 0 Å². The molecule has 2 atom stereocenters. The maximum absolute atomic E-state index is 12.3. The lowest BCUT2D eigenvalue weighted by Gasteiger charge is -2.17. The fraction of sp³-hybridized carbons (Fsp3) is 0.615. The van der Waals surface area contributed by atoms with E-state index in [0.29, 0.717) is 18.1 Å². The molecule has 1 aliphatic heterocycles. The van der Waals surface area contributed by atoms with Gasteiger partial charge in [0.15, 0.2) is 5.69 Å². The van der Waals surface area contributed by atoms with Crippen LogP contribution in [0.4, 0.5) is 5.69 Å². The van der Waals surface area contributed by atoms with Gasteiger partial charge in [-0.3, -0.25) is 10.6 Å². The number of anilines is 1. The van der Waals surface area contributed by atoms with Crippen molar-refractivity contribution in [3.05, 3.63) is 17.7 Å². The van der Waals surface area contributed by atoms with Crippen LogP contribution in [0.2, 0.25) is 0 Å². The summed E-state index contributed by atoms with van der Waals surface area (Å²) in [7, 11) is 0. The van der Waals surface area contributed by atoms with Crippen molar-refractivity contribution < 1.29 is 9.53 Å². The van der Waals surface area contributed by atoms with Crippen molar-refractivity contribution in [2.45, 2.75) is 45.3 Å². The number of amides is 1. The molecule has 1 amide bonds. The molecule has 2 heterocycles. The Labute approximate surface area is 118 Å². The van der Waals surface area contributed by atoms with Crippen molar-refractivity contribution in [1.82, 2.24) is 15.3 Å². The Morgan fingerprint density at radius 3 is 2.85 bits per heavy atom. The molecule has 0 aliphatic carbocycles. The largest absolute Gasteiger partial charge is 0.376 e. The lowest BCUT2D eigenvalue weighted by atomic mass is 10.1. The Morgan fingerprint density at radius 1 is 1.55 bits per heavy atom. The van der Waals surface area contributed by atoms with E-state index in [4.69, 9.17) is 10.6 Å². The van der Waals surface area contributed by atoms with Crippen LogP contribution in [-0.4, -0.2) is 34.6 Å². The molecule has 0 saturated carbocycles. The lowest BCUT2D eigenvalue weighted by Crippen LogP contribution is -2.40. The standard InChI is InChI=1S/C13H21N5O2/c1-7(2)12-15-6-10(18-14)11(17-12)13(19)16-9-4-5-20-8(9)3/h6-9,18H,4-5,14H2,1-3H3,(H,16,19). The summed E-state index contributed by atoms with van der Waals surface area (Å²) in [6, 6.07) is 0.00518. The number of carbonyl (C=O) groups excluding carboxylic acids is 1. The number of hydrogen-bond acceptors (Lipinski definition) is 6. The van der Waals surface area contributed by atoms with E-state index in [-0.39, 0.29) is 29.7 Å². The van der Waals surface area contributed by atoms with Gasteiger partial charge in [-0.05, 0) is 13.3 Å². The zero-order valence-corrected chi connectivity index (χ0v) is 12.0. The summed E-state index contributed by atoms with van der Waals surface area (Å²) < 4.78 is 5.43. The summed E-state index contributed by atoms with van der Waals surface area (Å²) in [5, 5.41) is 2.94. The SMILES string of the molecule is CC(C)c1ncc(NN)c(C(=O)NC2CCOC2C)n1. The van der Waals surface area contributed by atoms with E-state index in [1.54, 1.807) is 0 Å². The third kappa shape index (κ3) is 3.05. The van der Waals surface area contributed by atoms with E-state index < -0.39 is 0 Å². The Balaban J connectivity index is 2.20. The summed E-state index contributed by atoms with van der Waals surface area (Å²) in [5.74, 6) is 5.91. The minimum atomic E-state index is -0.260. The Kier molecular flexibility index (Phi) is 4.51. The predicted octanol–water partition coefficient (Wildman–Crippen LogP) is 0.793. The van der Waals surface area contributed by atoms with Crippen LogP contribution in [0.15, 0.2) is 6.20 Å². The number of ether oxygens (including phenoxy) is 1. The van der Waals surface area contributed by atoms with Gasteiger partial charge in [-0.25, -0.2) is 9.97 Å². The number of carbonyl (C=O) groups is 1. The number of nitrogens with one attached hydrogen (secondary N) is 2. The number of rotatable bonds is 4. The van der Waals surface area contributed by atoms with Crippen molar-refractivity contribution in [1.29, 1.82) is 0 Å². The maximum atomic E-state index is 12.3. The van der Waals surface area contributed by atoms with Crippen molar-refractivity contribution in [3.63, 3.8) is 0 Å². The highest BCUT2D eigenvalue weighted by molar-refractivity contribution is 5.97. The molecule has 1 saturated heterocycles. The van der Waals surface area contributed by atoms with Crippen LogP contribution in [0.1, 0.15) is 49.4 Å². The molecular weight excluding hydrogens is 258 g/mol. The average Bonchev–Trinajstić information content (AvgIpc) is 2.83. The highest BCUT2D eigenvalue weighted by Crippen LogP contribution is 2.17. The lowest BCUT2D eigenvalue weighted by molar-refractivity contribution is 0.0862. The first-order valence-corrected chi connectivity index (χ1v) is 6.79. The monoisotopic (exact) mass is 279 g/mol. The minimum absolute atomic E-state index is 0.00518. The number of nitrogens with zero attached hydrogens (tertiary/aromatic N) is 2. The number of nitrogens with two attached hydrogens (primary N) is 1. The Hall–Kier alpha value is -1.73. The molecule has 1 aliphatic rings. The zero-order valence-electron chi connectivity index (χ0n) is 12.0. The molecule has 2 unspecified atom stereocenters. The number of hydrogen-bond donors (Lipinski definition) is 3. The van der Waals surface area contributed by atoms with Gasteiger partial charge in [0, 0.05) is 12.5 Å². The second-order valence-corrected chi connectivity index (χ2v) is 5.23. The van der Waals surface area contributed by atoms with Crippen LogP contribution in [-0.2, 0) is 4.74 Å². The molecule has 4 N–H and O–H groups in total. The van der Waals surface area contributed by atoms with Gasteiger partial charge in [0.05, 0.1) is 24.0 Å². The van der Waals surface area contributed by atoms with Crippen molar-refractivity contribution in [3.8, 4) is 0 Å². The summed E-state index contributed by atoms with van der Waals surface area (Å²) in [5.41, 5.74) is 3.15. The highest BCUT2D eigenvalue weighted by atomic mass is 16.5. The minimum Gasteiger partial charge on any atom is -0.376 e. The van der Waals surface area contributed by atoms with E-state index in [0.717, 1.165) is 6.42 Å². The Morgan fingerprint density at radius 2 is 2.30 bits per heavy atom. The van der Waals surface area contributed by atoms with E-state index >= 15 is 0 Å². The second-order valence-electron chi connectivity index (χ2n) is 5.23. The molecule has 1 aromatic rings. The third-order valence-electron chi connectivity index (χ3n) is 3.39. The van der Waals surface area contributed by atoms with Crippen molar-refractivity contribution in [2.24, 2.45) is 5.84 Å². The fourth-order valence-corrected chi connectivity index (χ4v) is 2.11. The number of nitrogen functional groups attached to an aromatic ring is 1. The molecule has 1 fully saturated rings. The van der Waals surface area contributed by atoms with Crippen LogP contribution in [0, 0.1) is 0 Å². The van der Waals surface area contributed by atoms with Gasteiger partial charge in [-0.1, -0.05) is 13.8 Å². The van der Waals surface area contributed by atoms with Crippen molar-refractivity contribution >= 4 is 11.6 Å². The van der Waals surface area contributed by atoms with Gasteiger partial charge in [-0.15, -0.1) is 0 Å². The van der Waals surface area contributed by atoms with Crippen LogP contribution >= 0.6 is 0 Å². The molecule has 7 heteroatoms. The molecular formula is C13H21N5O2. The van der Waals surface area contributed by atoms with E-state index in [1.807, 2.05) is 20.8 Å². The fourth-order valence-electron chi connectivity index (χ4n) is 2.11. The van der Waals surface area contributed by atoms with E-state index in [9.17, 15) is 4.79 Å². The molecule has 1 aromatic heterocycles. The first-order chi connectivity index (χ1) is 9.52. The van der Waals surface area contributed by atoms with Crippen LogP contribution < -0.4 is 16.6 Å². The topological polar surface area (TPSA) is 102 Å². The smallest absolute Gasteiger partial charge is 0.272 e. The van der Waals surface area contributed by atoms with E-state index in [2.05, 4.69) is 20.7 Å². The van der Waals surface area contributed by atoms with Gasteiger partial charge in [0.2, 0.25) is 0 Å². The first kappa shape index (κ1) is 14.7. The Bertz CT molecular complexity index is 492. The molecule has 7 nitrogen and oxygen atoms in total. The summed E-state index contributed by atoms with van der Waals surface area (Å²) in [4.78, 5) is 20.8. The van der Waals surface area contributed by atoms with Crippen molar-refractivity contribution in [2.75, 3.05) is 12.0 Å². The second kappa shape index (κ2) is 6.15. The number of aromatic nitrogens is 2. The molecule has 110 valence electrons. The molecule has 2 rings (SSSR count). The zero-order chi connectivity index (χ0) is 14.7. The molecule has 0 aromatic carbocycles. The summed E-state index contributed by atoms with van der Waals surface area (Å²) >= 11 is 0. The van der Waals surface area contributed by atoms with Crippen LogP contribution in [0.25, 0.3) is 0 Å². The highest BCUT2D eigenvalue weighted by Gasteiger charge is 2.27. The number of hydrazine groups is 1. The average molecular weight is 279 g/mol. The summed E-state index contributed by atoms with van der Waals surface area (Å²) in [6.45, 7) is 6.55. The third-order valence-corrected chi connectivity index (χ3v) is 3.39. The quantitative estimate of drug-likeness (QED) is 0.556. The van der Waals surface area contributed by atoms with Gasteiger partial charge < -0.3 is 15.5 Å². The van der Waals surface area contributed by atoms with Gasteiger partial charge in [0.1, 0.15) is 5.82 Å². The first-order valence-electron chi connectivity index (χ1n) is 6.79. The van der Waals surface area contributed by atoms with Gasteiger partial charge >= 0.3 is 0 Å². The van der Waals surface area contributed by atoms with Crippen LogP contribution in [0.3, 0.4) is 0 Å². The molecule has 0 bridgehead atoms. The molecule has 0 radical (unpaired) electrons. The molecule has 20 heavy (non-hydrogen) atoms. The molecule has 0 spiro atoms. The van der Waals surface area contributed by atoms with Gasteiger partial charge in [0.25, 0.3) is 5.91 Å². The maximum Gasteiger partial charge on any atom is 0.272 e. The summed E-state index contributed by atoms with van der Waals surface area (Å²) in [6.07, 6.45) is 2.35. The van der Waals surface area contributed by atoms with E-state index in [1.165, 1.54) is 6.20 Å².